The molecule has 0 spiro atoms. The van der Waals surface area contributed by atoms with E-state index in [4.69, 9.17) is 0 Å². The van der Waals surface area contributed by atoms with Gasteiger partial charge in [0, 0.05) is 14.1 Å². The summed E-state index contributed by atoms with van der Waals surface area (Å²) in [6.07, 6.45) is 0. The second-order valence-corrected chi connectivity index (χ2v) is 8.22. The Hall–Kier alpha value is -0.440. The molecule has 0 aliphatic heterocycles. The van der Waals surface area contributed by atoms with Gasteiger partial charge in [-0.3, -0.25) is 0 Å². The minimum Gasteiger partial charge on any atom is -0.207 e. The van der Waals surface area contributed by atoms with Gasteiger partial charge in [-0.05, 0) is 71.5 Å². The lowest BCUT2D eigenvalue weighted by molar-refractivity contribution is 0.567. The number of hydrogen-bond acceptors (Lipinski definition) is 2. The highest BCUT2D eigenvalue weighted by Crippen LogP contribution is 2.19. The van der Waals surface area contributed by atoms with E-state index in [1.54, 1.807) is 24.3 Å². The number of nitrogens with one attached hydrogen (secondary N) is 1. The molecule has 20 heavy (non-hydrogen) atoms. The molecule has 0 aliphatic carbocycles. The predicted octanol–water partition coefficient (Wildman–Crippen LogP) is 4.09. The van der Waals surface area contributed by atoms with E-state index in [0.717, 1.165) is 13.6 Å². The van der Waals surface area contributed by atoms with Crippen molar-refractivity contribution in [1.29, 1.82) is 0 Å². The average molecular weight is 466 g/mol. The van der Waals surface area contributed by atoms with Crippen molar-refractivity contribution in [2.75, 3.05) is 0 Å². The monoisotopic (exact) mass is 465 g/mol. The highest BCUT2D eigenvalue weighted by molar-refractivity contribution is 14.1. The first-order chi connectivity index (χ1) is 9.38. The molecule has 0 heterocycles. The molecular formula is C14H13BrINO2S. The fraction of sp³-hybridized carbons (Fsp3) is 0.143. The van der Waals surface area contributed by atoms with Crippen LogP contribution in [0.1, 0.15) is 18.5 Å². The summed E-state index contributed by atoms with van der Waals surface area (Å²) in [5.41, 5.74) is 0.919. The maximum atomic E-state index is 12.3. The summed E-state index contributed by atoms with van der Waals surface area (Å²) in [4.78, 5) is 0.280. The van der Waals surface area contributed by atoms with E-state index in [9.17, 15) is 8.42 Å². The third-order valence-corrected chi connectivity index (χ3v) is 5.63. The number of halogens is 2. The Morgan fingerprint density at radius 1 is 1.05 bits per heavy atom. The van der Waals surface area contributed by atoms with Gasteiger partial charge in [0.05, 0.1) is 4.90 Å². The van der Waals surface area contributed by atoms with Crippen LogP contribution in [0.25, 0.3) is 0 Å². The van der Waals surface area contributed by atoms with E-state index in [-0.39, 0.29) is 10.9 Å². The third-order valence-electron chi connectivity index (χ3n) is 2.83. The van der Waals surface area contributed by atoms with E-state index in [0.29, 0.717) is 0 Å². The fourth-order valence-electron chi connectivity index (χ4n) is 1.73. The van der Waals surface area contributed by atoms with Crippen LogP contribution in [-0.2, 0) is 10.0 Å². The van der Waals surface area contributed by atoms with Gasteiger partial charge in [0.25, 0.3) is 0 Å². The van der Waals surface area contributed by atoms with E-state index < -0.39 is 10.0 Å². The first kappa shape index (κ1) is 15.9. The molecule has 6 heteroatoms. The summed E-state index contributed by atoms with van der Waals surface area (Å²) in [6, 6.07) is 14.1. The quantitative estimate of drug-likeness (QED) is 0.691. The van der Waals surface area contributed by atoms with Crippen LogP contribution in [0.5, 0.6) is 0 Å². The third kappa shape index (κ3) is 4.03. The lowest BCUT2D eigenvalue weighted by atomic mass is 10.1. The molecule has 1 unspecified atom stereocenters. The van der Waals surface area contributed by atoms with Gasteiger partial charge in [-0.25, -0.2) is 13.1 Å². The number of hydrogen-bond donors (Lipinski definition) is 1. The fourth-order valence-corrected chi connectivity index (χ4v) is 3.59. The Morgan fingerprint density at radius 3 is 2.15 bits per heavy atom. The van der Waals surface area contributed by atoms with Crippen LogP contribution < -0.4 is 4.72 Å². The lowest BCUT2D eigenvalue weighted by Gasteiger charge is -2.15. The molecule has 0 aromatic heterocycles. The molecule has 0 amide bonds. The molecule has 3 nitrogen and oxygen atoms in total. The van der Waals surface area contributed by atoms with Gasteiger partial charge < -0.3 is 0 Å². The maximum absolute atomic E-state index is 12.3. The van der Waals surface area contributed by atoms with Crippen LogP contribution in [-0.4, -0.2) is 8.42 Å². The normalized spacial score (nSPS) is 13.2. The van der Waals surface area contributed by atoms with Crippen molar-refractivity contribution >= 4 is 48.5 Å². The molecule has 2 aromatic carbocycles. The van der Waals surface area contributed by atoms with E-state index in [2.05, 4.69) is 43.2 Å². The molecule has 0 aliphatic rings. The summed E-state index contributed by atoms with van der Waals surface area (Å²) in [5, 5.41) is 0. The summed E-state index contributed by atoms with van der Waals surface area (Å²) in [5.74, 6) is 0. The van der Waals surface area contributed by atoms with Gasteiger partial charge in [0.1, 0.15) is 0 Å². The second-order valence-electron chi connectivity index (χ2n) is 4.35. The van der Waals surface area contributed by atoms with Crippen molar-refractivity contribution in [3.05, 3.63) is 62.1 Å². The van der Waals surface area contributed by atoms with Crippen LogP contribution in [0.4, 0.5) is 0 Å². The highest BCUT2D eigenvalue weighted by atomic mass is 127. The van der Waals surface area contributed by atoms with Crippen molar-refractivity contribution in [3.63, 3.8) is 0 Å². The maximum Gasteiger partial charge on any atom is 0.241 e. The number of benzene rings is 2. The smallest absolute Gasteiger partial charge is 0.207 e. The van der Waals surface area contributed by atoms with Crippen molar-refractivity contribution in [2.24, 2.45) is 0 Å². The summed E-state index contributed by atoms with van der Waals surface area (Å²) in [6.45, 7) is 1.83. The minimum absolute atomic E-state index is 0.280. The Morgan fingerprint density at radius 2 is 1.60 bits per heavy atom. The SMILES string of the molecule is CC(NS(=O)(=O)c1ccc(I)cc1)c1ccc(Br)cc1. The van der Waals surface area contributed by atoms with Crippen molar-refractivity contribution < 1.29 is 8.42 Å². The standard InChI is InChI=1S/C14H13BrINO2S/c1-10(11-2-4-12(15)5-3-11)17-20(18,19)14-8-6-13(16)7-9-14/h2-10,17H,1H3. The summed E-state index contributed by atoms with van der Waals surface area (Å²) >= 11 is 5.50. The zero-order valence-electron chi connectivity index (χ0n) is 10.7. The Bertz CT molecular complexity index is 684. The van der Waals surface area contributed by atoms with Crippen molar-refractivity contribution in [2.45, 2.75) is 17.9 Å². The Balaban J connectivity index is 2.19. The van der Waals surface area contributed by atoms with E-state index in [1.165, 1.54) is 0 Å². The molecule has 0 saturated heterocycles. The van der Waals surface area contributed by atoms with Gasteiger partial charge in [-0.1, -0.05) is 28.1 Å². The van der Waals surface area contributed by atoms with Crippen molar-refractivity contribution in [3.8, 4) is 0 Å². The largest absolute Gasteiger partial charge is 0.241 e. The van der Waals surface area contributed by atoms with Gasteiger partial charge in [-0.15, -0.1) is 0 Å². The first-order valence-corrected chi connectivity index (χ1v) is 9.27. The van der Waals surface area contributed by atoms with Gasteiger partial charge >= 0.3 is 0 Å². The highest BCUT2D eigenvalue weighted by Gasteiger charge is 2.18. The molecule has 2 rings (SSSR count). The van der Waals surface area contributed by atoms with Gasteiger partial charge in [-0.2, -0.15) is 0 Å². The minimum atomic E-state index is -3.50. The molecule has 1 atom stereocenters. The zero-order chi connectivity index (χ0) is 14.8. The molecule has 0 saturated carbocycles. The van der Waals surface area contributed by atoms with Gasteiger partial charge in [0.15, 0.2) is 0 Å². The van der Waals surface area contributed by atoms with E-state index in [1.807, 2.05) is 31.2 Å². The molecule has 0 bridgehead atoms. The van der Waals surface area contributed by atoms with Crippen molar-refractivity contribution in [1.82, 2.24) is 4.72 Å². The van der Waals surface area contributed by atoms with Crippen LogP contribution in [0, 0.1) is 3.57 Å². The van der Waals surface area contributed by atoms with Crippen LogP contribution >= 0.6 is 38.5 Å². The van der Waals surface area contributed by atoms with E-state index >= 15 is 0 Å². The van der Waals surface area contributed by atoms with Crippen LogP contribution in [0.2, 0.25) is 0 Å². The molecule has 0 fully saturated rings. The molecular weight excluding hydrogens is 453 g/mol. The lowest BCUT2D eigenvalue weighted by Crippen LogP contribution is -2.26. The topological polar surface area (TPSA) is 46.2 Å². The molecule has 0 radical (unpaired) electrons. The predicted molar refractivity (Wildman–Crippen MR) is 92.0 cm³/mol. The van der Waals surface area contributed by atoms with Gasteiger partial charge in [0.2, 0.25) is 10.0 Å². The van der Waals surface area contributed by atoms with Crippen LogP contribution in [0.15, 0.2) is 57.9 Å². The number of rotatable bonds is 4. The Labute approximate surface area is 141 Å². The Kier molecular flexibility index (Phi) is 5.22. The molecule has 1 N–H and O–H groups in total. The molecule has 2 aromatic rings. The first-order valence-electron chi connectivity index (χ1n) is 5.92. The summed E-state index contributed by atoms with van der Waals surface area (Å²) < 4.78 is 29.2. The zero-order valence-corrected chi connectivity index (χ0v) is 15.2. The number of sulfonamides is 1. The second kappa shape index (κ2) is 6.55. The average Bonchev–Trinajstić information content (AvgIpc) is 2.39. The summed E-state index contributed by atoms with van der Waals surface area (Å²) in [7, 11) is -3.50. The molecule has 106 valence electrons. The van der Waals surface area contributed by atoms with Crippen LogP contribution in [0.3, 0.4) is 0 Å².